The Hall–Kier alpha value is -3.24. The predicted octanol–water partition coefficient (Wildman–Crippen LogP) is 7.40. The van der Waals surface area contributed by atoms with Crippen LogP contribution in [0.3, 0.4) is 0 Å². The monoisotopic (exact) mass is 485 g/mol. The molecule has 3 rings (SSSR count). The van der Waals surface area contributed by atoms with Gasteiger partial charge in [0.05, 0.1) is 5.60 Å². The maximum absolute atomic E-state index is 10.6. The van der Waals surface area contributed by atoms with Crippen molar-refractivity contribution >= 4 is 12.5 Å². The van der Waals surface area contributed by atoms with Crippen LogP contribution >= 0.6 is 0 Å². The predicted molar refractivity (Wildman–Crippen MR) is 148 cm³/mol. The average Bonchev–Trinajstić information content (AvgIpc) is 2.92. The molecule has 0 unspecified atom stereocenters. The van der Waals surface area contributed by atoms with E-state index in [0.29, 0.717) is 19.3 Å². The quantitative estimate of drug-likeness (QED) is 0.272. The molecule has 0 fully saturated rings. The van der Waals surface area contributed by atoms with Gasteiger partial charge >= 0.3 is 0 Å². The Kier molecular flexibility index (Phi) is 9.22. The maximum Gasteiger partial charge on any atom is 0.293 e. The first-order valence-electron chi connectivity index (χ1n) is 13.0. The van der Waals surface area contributed by atoms with Gasteiger partial charge in [0.25, 0.3) is 6.47 Å². The highest BCUT2D eigenvalue weighted by molar-refractivity contribution is 5.64. The van der Waals surface area contributed by atoms with Crippen LogP contribution in [0.4, 0.5) is 0 Å². The van der Waals surface area contributed by atoms with Crippen LogP contribution in [0, 0.1) is 6.92 Å². The summed E-state index contributed by atoms with van der Waals surface area (Å²) in [6.45, 7) is 11.4. The van der Waals surface area contributed by atoms with Crippen molar-refractivity contribution in [2.24, 2.45) is 0 Å². The van der Waals surface area contributed by atoms with Crippen molar-refractivity contribution in [2.45, 2.75) is 77.9 Å². The summed E-state index contributed by atoms with van der Waals surface area (Å²) < 4.78 is 4.88. The van der Waals surface area contributed by atoms with Crippen molar-refractivity contribution in [1.82, 2.24) is 4.98 Å². The van der Waals surface area contributed by atoms with Gasteiger partial charge in [-0.05, 0) is 66.5 Å². The van der Waals surface area contributed by atoms with Crippen LogP contribution < -0.4 is 0 Å². The van der Waals surface area contributed by atoms with E-state index in [1.807, 2.05) is 32.2 Å². The Labute approximate surface area is 216 Å². The largest absolute Gasteiger partial charge is 0.463 e. The van der Waals surface area contributed by atoms with E-state index in [1.165, 1.54) is 16.7 Å². The van der Waals surface area contributed by atoms with E-state index >= 15 is 0 Å². The lowest BCUT2D eigenvalue weighted by Crippen LogP contribution is -2.26. The van der Waals surface area contributed by atoms with E-state index in [2.05, 4.69) is 74.3 Å². The molecule has 36 heavy (non-hydrogen) atoms. The highest BCUT2D eigenvalue weighted by Gasteiger charge is 2.31. The van der Waals surface area contributed by atoms with Crippen LogP contribution in [-0.2, 0) is 21.6 Å². The van der Waals surface area contributed by atoms with Gasteiger partial charge in [-0.3, -0.25) is 9.78 Å². The van der Waals surface area contributed by atoms with E-state index < -0.39 is 5.60 Å². The second-order valence-corrected chi connectivity index (χ2v) is 9.57. The number of nitrogens with zero attached hydrogens (tertiary/aromatic N) is 1. The van der Waals surface area contributed by atoms with Gasteiger partial charge in [-0.1, -0.05) is 82.3 Å². The fourth-order valence-corrected chi connectivity index (χ4v) is 4.96. The van der Waals surface area contributed by atoms with Gasteiger partial charge in [-0.25, -0.2) is 0 Å². The van der Waals surface area contributed by atoms with E-state index in [9.17, 15) is 9.90 Å². The summed E-state index contributed by atoms with van der Waals surface area (Å²) >= 11 is 0. The first-order chi connectivity index (χ1) is 17.3. The number of carbonyl (C=O) groups is 1. The maximum atomic E-state index is 10.6. The number of hydrogen-bond acceptors (Lipinski definition) is 4. The smallest absolute Gasteiger partial charge is 0.293 e. The normalized spacial score (nSPS) is 12.2. The zero-order chi connectivity index (χ0) is 26.2. The fourth-order valence-electron chi connectivity index (χ4n) is 4.96. The molecule has 0 aliphatic heterocycles. The molecule has 2 aromatic carbocycles. The lowest BCUT2D eigenvalue weighted by atomic mass is 9.70. The van der Waals surface area contributed by atoms with Gasteiger partial charge < -0.3 is 9.84 Å². The van der Waals surface area contributed by atoms with Crippen LogP contribution in [0.2, 0.25) is 0 Å². The third-order valence-corrected chi connectivity index (χ3v) is 7.71. The number of aryl methyl sites for hydroxylation is 1. The molecule has 1 N–H and O–H groups in total. The molecule has 0 saturated carbocycles. The molecule has 3 aromatic rings. The molecular formula is C32H39NO3. The minimum atomic E-state index is -0.750. The zero-order valence-electron chi connectivity index (χ0n) is 22.3. The molecule has 1 aromatic heterocycles. The summed E-state index contributed by atoms with van der Waals surface area (Å²) in [5, 5.41) is 10.6. The molecule has 4 nitrogen and oxygen atoms in total. The first-order valence-corrected chi connectivity index (χ1v) is 13.0. The molecular weight excluding hydrogens is 446 g/mol. The van der Waals surface area contributed by atoms with Crippen molar-refractivity contribution < 1.29 is 14.6 Å². The summed E-state index contributed by atoms with van der Waals surface area (Å²) in [7, 11) is 0. The average molecular weight is 486 g/mol. The number of carbonyl (C=O) groups excluding carboxylic acids is 1. The van der Waals surface area contributed by atoms with Gasteiger partial charge in [-0.2, -0.15) is 0 Å². The van der Waals surface area contributed by atoms with Crippen LogP contribution in [0.1, 0.15) is 81.2 Å². The Morgan fingerprint density at radius 1 is 0.861 bits per heavy atom. The second kappa shape index (κ2) is 12.1. The minimum Gasteiger partial charge on any atom is -0.463 e. The van der Waals surface area contributed by atoms with E-state index in [-0.39, 0.29) is 12.0 Å². The highest BCUT2D eigenvalue weighted by Crippen LogP contribution is 2.40. The lowest BCUT2D eigenvalue weighted by molar-refractivity contribution is -0.129. The van der Waals surface area contributed by atoms with Crippen LogP contribution in [-0.4, -0.2) is 22.2 Å². The molecule has 0 atom stereocenters. The molecule has 0 bridgehead atoms. The summed E-state index contributed by atoms with van der Waals surface area (Å²) in [6, 6.07) is 17.5. The number of aromatic nitrogens is 1. The molecule has 0 saturated heterocycles. The number of ether oxygens (including phenoxy) is 1. The summed E-state index contributed by atoms with van der Waals surface area (Å²) in [6.07, 6.45) is 10.9. The topological polar surface area (TPSA) is 59.4 Å². The summed E-state index contributed by atoms with van der Waals surface area (Å²) in [4.78, 5) is 14.8. The standard InChI is InChI=1S/C32H39NO3/c1-6-31(35,7-2)17-16-26-10-15-30(18-24(26)5)32(8-3,9-4)29-13-11-27(12-14-29)28-19-25(20-33-21-28)22-36-23-34/h10-21,23,35H,6-9,22H2,1-5H3. The van der Waals surface area contributed by atoms with Crippen molar-refractivity contribution in [3.8, 4) is 11.1 Å². The first kappa shape index (κ1) is 27.3. The van der Waals surface area contributed by atoms with Crippen molar-refractivity contribution in [1.29, 1.82) is 0 Å². The van der Waals surface area contributed by atoms with Crippen LogP contribution in [0.15, 0.2) is 67.0 Å². The van der Waals surface area contributed by atoms with Gasteiger partial charge in [0, 0.05) is 28.9 Å². The zero-order valence-corrected chi connectivity index (χ0v) is 22.3. The van der Waals surface area contributed by atoms with E-state index in [0.717, 1.165) is 35.1 Å². The third-order valence-electron chi connectivity index (χ3n) is 7.71. The number of hydrogen-bond donors (Lipinski definition) is 1. The van der Waals surface area contributed by atoms with Gasteiger partial charge in [0.15, 0.2) is 0 Å². The number of pyridine rings is 1. The van der Waals surface area contributed by atoms with Crippen molar-refractivity contribution in [3.63, 3.8) is 0 Å². The lowest BCUT2D eigenvalue weighted by Gasteiger charge is -2.34. The molecule has 4 heteroatoms. The van der Waals surface area contributed by atoms with Gasteiger partial charge in [0.2, 0.25) is 0 Å². The second-order valence-electron chi connectivity index (χ2n) is 9.57. The molecule has 0 amide bonds. The summed E-state index contributed by atoms with van der Waals surface area (Å²) in [5.41, 5.74) is 7.06. The molecule has 0 radical (unpaired) electrons. The Morgan fingerprint density at radius 3 is 2.11 bits per heavy atom. The molecule has 0 aliphatic carbocycles. The highest BCUT2D eigenvalue weighted by atomic mass is 16.5. The molecule has 190 valence electrons. The van der Waals surface area contributed by atoms with E-state index in [4.69, 9.17) is 4.74 Å². The number of benzene rings is 2. The SMILES string of the molecule is CCC(O)(C=Cc1ccc(C(CC)(CC)c2ccc(-c3cncc(COC=O)c3)cc2)cc1C)CC. The Morgan fingerprint density at radius 2 is 1.53 bits per heavy atom. The minimum absolute atomic E-state index is 0.0863. The van der Waals surface area contributed by atoms with E-state index in [1.54, 1.807) is 6.20 Å². The molecule has 0 aliphatic rings. The van der Waals surface area contributed by atoms with Crippen LogP contribution in [0.5, 0.6) is 0 Å². The Bertz CT molecular complexity index is 1170. The van der Waals surface area contributed by atoms with Crippen molar-refractivity contribution in [3.05, 3.63) is 94.8 Å². The third kappa shape index (κ3) is 5.93. The van der Waals surface area contributed by atoms with Gasteiger partial charge in [0.1, 0.15) is 6.61 Å². The number of aliphatic hydroxyl groups is 1. The summed E-state index contributed by atoms with van der Waals surface area (Å²) in [5.74, 6) is 0. The fraction of sp³-hybridized carbons (Fsp3) is 0.375. The number of rotatable bonds is 12. The molecule has 1 heterocycles. The molecule has 0 spiro atoms. The van der Waals surface area contributed by atoms with Crippen LogP contribution in [0.25, 0.3) is 17.2 Å². The Balaban J connectivity index is 1.92. The van der Waals surface area contributed by atoms with Crippen molar-refractivity contribution in [2.75, 3.05) is 0 Å². The van der Waals surface area contributed by atoms with Gasteiger partial charge in [-0.15, -0.1) is 0 Å².